The molecule has 0 saturated heterocycles. The van der Waals surface area contributed by atoms with Gasteiger partial charge < -0.3 is 24.0 Å². The van der Waals surface area contributed by atoms with Crippen LogP contribution >= 0.6 is 0 Å². The highest BCUT2D eigenvalue weighted by Gasteiger charge is 2.17. The van der Waals surface area contributed by atoms with Crippen molar-refractivity contribution in [3.05, 3.63) is 59.7 Å². The van der Waals surface area contributed by atoms with E-state index in [4.69, 9.17) is 9.47 Å². The second kappa shape index (κ2) is 11.1. The van der Waals surface area contributed by atoms with Crippen LogP contribution in [0.15, 0.2) is 42.6 Å². The predicted octanol–water partition coefficient (Wildman–Crippen LogP) is 1.10. The molecule has 1 aromatic carbocycles. The number of benzene rings is 1. The fraction of sp³-hybridized carbons (Fsp3) is 0.500. The monoisotopic (exact) mass is 365 g/mol. The topological polar surface area (TPSA) is 48.1 Å². The SMILES string of the molecule is COCCC[NH+](Cc1cccn1Cc1cccc(F)c1)C[C@H](O)COC. The van der Waals surface area contributed by atoms with Crippen molar-refractivity contribution in [1.29, 1.82) is 0 Å². The molecular formula is C20H30FN2O3+. The smallest absolute Gasteiger partial charge is 0.126 e. The molecule has 0 amide bonds. The van der Waals surface area contributed by atoms with Crippen LogP contribution in [-0.4, -0.2) is 56.3 Å². The molecule has 2 aromatic rings. The van der Waals surface area contributed by atoms with Crippen molar-refractivity contribution in [2.75, 3.05) is 40.5 Å². The van der Waals surface area contributed by atoms with Gasteiger partial charge in [0.15, 0.2) is 0 Å². The zero-order chi connectivity index (χ0) is 18.8. The van der Waals surface area contributed by atoms with Crippen LogP contribution in [0.2, 0.25) is 0 Å². The highest BCUT2D eigenvalue weighted by atomic mass is 19.1. The second-order valence-electron chi connectivity index (χ2n) is 6.59. The van der Waals surface area contributed by atoms with Crippen LogP contribution in [0.3, 0.4) is 0 Å². The lowest BCUT2D eigenvalue weighted by Gasteiger charge is -2.23. The quantitative estimate of drug-likeness (QED) is 0.554. The first-order valence-corrected chi connectivity index (χ1v) is 9.00. The van der Waals surface area contributed by atoms with E-state index in [9.17, 15) is 9.50 Å². The van der Waals surface area contributed by atoms with E-state index < -0.39 is 6.10 Å². The van der Waals surface area contributed by atoms with Crippen LogP contribution in [-0.2, 0) is 22.6 Å². The van der Waals surface area contributed by atoms with E-state index in [2.05, 4.69) is 10.6 Å². The standard InChI is InChI=1S/C20H29FN2O3/c1-25-11-5-9-22(15-20(24)16-26-2)14-19-8-4-10-23(19)13-17-6-3-7-18(21)12-17/h3-4,6-8,10,12,20,24H,5,9,11,13-16H2,1-2H3/p+1/t20-/m0/s1. The van der Waals surface area contributed by atoms with E-state index in [0.717, 1.165) is 30.8 Å². The molecule has 5 nitrogen and oxygen atoms in total. The van der Waals surface area contributed by atoms with Crippen molar-refractivity contribution in [2.24, 2.45) is 0 Å². The van der Waals surface area contributed by atoms with E-state index in [-0.39, 0.29) is 5.82 Å². The molecule has 0 saturated carbocycles. The lowest BCUT2D eigenvalue weighted by molar-refractivity contribution is -0.917. The Labute approximate surface area is 155 Å². The lowest BCUT2D eigenvalue weighted by Crippen LogP contribution is -3.12. The number of halogens is 1. The van der Waals surface area contributed by atoms with Crippen LogP contribution in [0.25, 0.3) is 0 Å². The first kappa shape index (κ1) is 20.6. The minimum atomic E-state index is -0.496. The lowest BCUT2D eigenvalue weighted by atomic mass is 10.2. The molecule has 0 spiro atoms. The minimum Gasteiger partial charge on any atom is -0.385 e. The molecule has 26 heavy (non-hydrogen) atoms. The van der Waals surface area contributed by atoms with E-state index in [1.54, 1.807) is 26.4 Å². The Hall–Kier alpha value is -1.73. The van der Waals surface area contributed by atoms with Crippen molar-refractivity contribution < 1.29 is 23.9 Å². The Morgan fingerprint density at radius 2 is 2.04 bits per heavy atom. The summed E-state index contributed by atoms with van der Waals surface area (Å²) in [5, 5.41) is 10.1. The Morgan fingerprint density at radius 1 is 1.19 bits per heavy atom. The summed E-state index contributed by atoms with van der Waals surface area (Å²) in [4.78, 5) is 1.27. The fourth-order valence-corrected chi connectivity index (χ4v) is 3.17. The van der Waals surface area contributed by atoms with Crippen LogP contribution in [0.4, 0.5) is 4.39 Å². The van der Waals surface area contributed by atoms with Crippen LogP contribution in [0.5, 0.6) is 0 Å². The molecule has 2 N–H and O–H groups in total. The third kappa shape index (κ3) is 6.88. The maximum Gasteiger partial charge on any atom is 0.126 e. The van der Waals surface area contributed by atoms with Gasteiger partial charge in [-0.3, -0.25) is 0 Å². The van der Waals surface area contributed by atoms with Gasteiger partial charge in [0.25, 0.3) is 0 Å². The summed E-state index contributed by atoms with van der Waals surface area (Å²) in [6, 6.07) is 10.8. The van der Waals surface area contributed by atoms with Gasteiger partial charge in [0.05, 0.1) is 25.5 Å². The van der Waals surface area contributed by atoms with E-state index in [1.807, 2.05) is 18.3 Å². The number of hydrogen-bond donors (Lipinski definition) is 2. The number of ether oxygens (including phenoxy) is 2. The molecule has 2 rings (SSSR count). The molecule has 1 heterocycles. The molecule has 0 aliphatic rings. The number of rotatable bonds is 12. The summed E-state index contributed by atoms with van der Waals surface area (Å²) in [6.45, 7) is 3.97. The van der Waals surface area contributed by atoms with E-state index in [0.29, 0.717) is 26.3 Å². The molecule has 144 valence electrons. The number of aromatic nitrogens is 1. The van der Waals surface area contributed by atoms with Gasteiger partial charge in [-0.2, -0.15) is 0 Å². The minimum absolute atomic E-state index is 0.217. The fourth-order valence-electron chi connectivity index (χ4n) is 3.17. The van der Waals surface area contributed by atoms with Crippen LogP contribution in [0, 0.1) is 5.82 Å². The van der Waals surface area contributed by atoms with Crippen molar-refractivity contribution in [3.8, 4) is 0 Å². The maximum atomic E-state index is 13.4. The normalized spacial score (nSPS) is 13.7. The highest BCUT2D eigenvalue weighted by Crippen LogP contribution is 2.09. The average Bonchev–Trinajstić information content (AvgIpc) is 3.02. The van der Waals surface area contributed by atoms with Crippen molar-refractivity contribution in [3.63, 3.8) is 0 Å². The molecule has 1 unspecified atom stereocenters. The Bertz CT molecular complexity index is 647. The Balaban J connectivity index is 2.03. The molecule has 0 radical (unpaired) electrons. The number of aliphatic hydroxyl groups is 1. The number of aliphatic hydroxyl groups excluding tert-OH is 1. The Morgan fingerprint density at radius 3 is 2.77 bits per heavy atom. The van der Waals surface area contributed by atoms with Gasteiger partial charge >= 0.3 is 0 Å². The average molecular weight is 365 g/mol. The predicted molar refractivity (Wildman–Crippen MR) is 98.7 cm³/mol. The molecule has 6 heteroatoms. The largest absolute Gasteiger partial charge is 0.385 e. The number of nitrogens with zero attached hydrogens (tertiary/aromatic N) is 1. The summed E-state index contributed by atoms with van der Waals surface area (Å²) in [6.07, 6.45) is 2.44. The van der Waals surface area contributed by atoms with E-state index in [1.165, 1.54) is 11.0 Å². The number of quaternary nitrogens is 1. The Kier molecular flexibility index (Phi) is 8.77. The van der Waals surface area contributed by atoms with Gasteiger partial charge in [0.2, 0.25) is 0 Å². The summed E-state index contributed by atoms with van der Waals surface area (Å²) < 4.78 is 25.8. The molecule has 0 aliphatic carbocycles. The number of methoxy groups -OCH3 is 2. The molecule has 0 bridgehead atoms. The maximum absolute atomic E-state index is 13.4. The second-order valence-corrected chi connectivity index (χ2v) is 6.59. The van der Waals surface area contributed by atoms with Gasteiger partial charge in [0, 0.05) is 33.4 Å². The van der Waals surface area contributed by atoms with Gasteiger partial charge in [0.1, 0.15) is 25.0 Å². The van der Waals surface area contributed by atoms with E-state index >= 15 is 0 Å². The number of nitrogens with one attached hydrogen (secondary N) is 1. The first-order valence-electron chi connectivity index (χ1n) is 9.00. The zero-order valence-corrected chi connectivity index (χ0v) is 15.7. The van der Waals surface area contributed by atoms with Crippen molar-refractivity contribution in [2.45, 2.75) is 25.6 Å². The van der Waals surface area contributed by atoms with Gasteiger partial charge in [-0.25, -0.2) is 4.39 Å². The summed E-state index contributed by atoms with van der Waals surface area (Å²) >= 11 is 0. The van der Waals surface area contributed by atoms with Gasteiger partial charge in [-0.05, 0) is 29.8 Å². The van der Waals surface area contributed by atoms with Crippen LogP contribution in [0.1, 0.15) is 17.7 Å². The molecule has 2 atom stereocenters. The molecular weight excluding hydrogens is 335 g/mol. The zero-order valence-electron chi connectivity index (χ0n) is 15.7. The molecule has 0 aliphatic heterocycles. The summed E-state index contributed by atoms with van der Waals surface area (Å²) in [7, 11) is 3.29. The third-order valence-corrected chi connectivity index (χ3v) is 4.36. The molecule has 0 fully saturated rings. The van der Waals surface area contributed by atoms with Gasteiger partial charge in [-0.15, -0.1) is 0 Å². The van der Waals surface area contributed by atoms with Crippen molar-refractivity contribution >= 4 is 0 Å². The van der Waals surface area contributed by atoms with Crippen molar-refractivity contribution in [1.82, 2.24) is 4.57 Å². The number of hydrogen-bond acceptors (Lipinski definition) is 3. The molecule has 1 aromatic heterocycles. The third-order valence-electron chi connectivity index (χ3n) is 4.36. The van der Waals surface area contributed by atoms with Crippen LogP contribution < -0.4 is 4.90 Å². The summed E-state index contributed by atoms with van der Waals surface area (Å²) in [5.74, 6) is -0.217. The summed E-state index contributed by atoms with van der Waals surface area (Å²) in [5.41, 5.74) is 2.09. The first-order chi connectivity index (χ1) is 12.6. The van der Waals surface area contributed by atoms with Gasteiger partial charge in [-0.1, -0.05) is 12.1 Å². The highest BCUT2D eigenvalue weighted by molar-refractivity contribution is 5.18.